The second-order valence-electron chi connectivity index (χ2n) is 8.07. The number of aromatic nitrogens is 3. The normalized spacial score (nSPS) is 17.7. The number of amides is 1. The van der Waals surface area contributed by atoms with E-state index in [4.69, 9.17) is 0 Å². The molecule has 7 nitrogen and oxygen atoms in total. The van der Waals surface area contributed by atoms with Gasteiger partial charge < -0.3 is 15.1 Å². The molecule has 2 fully saturated rings. The quantitative estimate of drug-likeness (QED) is 0.806. The topological polar surface area (TPSA) is 74.2 Å². The molecule has 4 rings (SSSR count). The van der Waals surface area contributed by atoms with Gasteiger partial charge in [-0.15, -0.1) is 0 Å². The number of carbonyl (C=O) groups is 1. The van der Waals surface area contributed by atoms with Gasteiger partial charge in [-0.05, 0) is 49.8 Å². The highest BCUT2D eigenvalue weighted by molar-refractivity contribution is 5.91. The van der Waals surface area contributed by atoms with Gasteiger partial charge in [0.1, 0.15) is 5.82 Å². The first-order chi connectivity index (χ1) is 14.0. The predicted octanol–water partition coefficient (Wildman–Crippen LogP) is 2.42. The highest BCUT2D eigenvalue weighted by Gasteiger charge is 2.51. The van der Waals surface area contributed by atoms with E-state index in [9.17, 15) is 9.18 Å². The summed E-state index contributed by atoms with van der Waals surface area (Å²) < 4.78 is 13.2. The Morgan fingerprint density at radius 2 is 1.79 bits per heavy atom. The summed E-state index contributed by atoms with van der Waals surface area (Å²) in [5, 5.41) is 2.99. The van der Waals surface area contributed by atoms with Crippen molar-refractivity contribution in [1.82, 2.24) is 20.3 Å². The largest absolute Gasteiger partial charge is 0.348 e. The number of hydrogen-bond acceptors (Lipinski definition) is 6. The van der Waals surface area contributed by atoms with Crippen LogP contribution in [-0.4, -0.2) is 48.0 Å². The minimum atomic E-state index is -0.555. The lowest BCUT2D eigenvalue weighted by Gasteiger charge is -2.27. The molecule has 1 aliphatic carbocycles. The highest BCUT2D eigenvalue weighted by Crippen LogP contribution is 2.48. The Morgan fingerprint density at radius 3 is 2.41 bits per heavy atom. The van der Waals surface area contributed by atoms with Gasteiger partial charge in [-0.3, -0.25) is 4.79 Å². The predicted molar refractivity (Wildman–Crippen MR) is 109 cm³/mol. The van der Waals surface area contributed by atoms with Gasteiger partial charge in [-0.1, -0.05) is 12.1 Å². The van der Waals surface area contributed by atoms with Crippen LogP contribution in [0.2, 0.25) is 0 Å². The Balaban J connectivity index is 1.49. The van der Waals surface area contributed by atoms with Crippen LogP contribution in [0.4, 0.5) is 16.3 Å². The molecule has 0 radical (unpaired) electrons. The molecule has 1 saturated carbocycles. The van der Waals surface area contributed by atoms with Crippen molar-refractivity contribution in [2.75, 3.05) is 37.0 Å². The second kappa shape index (κ2) is 7.93. The van der Waals surface area contributed by atoms with Crippen LogP contribution in [0.5, 0.6) is 0 Å². The molecular formula is C21H27FN6O. The van der Waals surface area contributed by atoms with Crippen molar-refractivity contribution >= 4 is 17.8 Å². The van der Waals surface area contributed by atoms with E-state index in [-0.39, 0.29) is 18.3 Å². The van der Waals surface area contributed by atoms with Crippen molar-refractivity contribution in [1.29, 1.82) is 0 Å². The molecule has 8 heteroatoms. The minimum Gasteiger partial charge on any atom is -0.348 e. The summed E-state index contributed by atoms with van der Waals surface area (Å²) in [5.41, 5.74) is 0.302. The fourth-order valence-corrected chi connectivity index (χ4v) is 3.78. The average molecular weight is 398 g/mol. The van der Waals surface area contributed by atoms with Crippen LogP contribution < -0.4 is 15.1 Å². The van der Waals surface area contributed by atoms with Crippen LogP contribution >= 0.6 is 0 Å². The maximum atomic E-state index is 13.2. The van der Waals surface area contributed by atoms with Crippen molar-refractivity contribution in [3.63, 3.8) is 0 Å². The molecule has 2 heterocycles. The third kappa shape index (κ3) is 4.16. The molecule has 29 heavy (non-hydrogen) atoms. The number of piperidine rings is 1. The van der Waals surface area contributed by atoms with Crippen LogP contribution in [0, 0.1) is 5.82 Å². The van der Waals surface area contributed by atoms with Gasteiger partial charge in [0.05, 0.1) is 12.0 Å². The standard InChI is InChI=1S/C21H27FN6O/c1-27(2)19-24-17(25-20(26-19)28-12-4-3-5-13-28)14-23-18(29)21(10-11-21)15-6-8-16(22)9-7-15/h6-9H,3-5,10-14H2,1-2H3,(H,23,29). The molecule has 154 valence electrons. The summed E-state index contributed by atoms with van der Waals surface area (Å²) in [6.07, 6.45) is 5.04. The molecule has 1 aromatic carbocycles. The van der Waals surface area contributed by atoms with Crippen LogP contribution in [-0.2, 0) is 16.8 Å². The Hall–Kier alpha value is -2.77. The van der Waals surface area contributed by atoms with Gasteiger partial charge in [0.15, 0.2) is 5.82 Å². The second-order valence-corrected chi connectivity index (χ2v) is 8.07. The van der Waals surface area contributed by atoms with Gasteiger partial charge in [-0.25, -0.2) is 4.39 Å². The number of carbonyl (C=O) groups excluding carboxylic acids is 1. The Bertz CT molecular complexity index is 875. The summed E-state index contributed by atoms with van der Waals surface area (Å²) in [4.78, 5) is 30.6. The zero-order valence-corrected chi connectivity index (χ0v) is 17.0. The summed E-state index contributed by atoms with van der Waals surface area (Å²) in [7, 11) is 3.79. The minimum absolute atomic E-state index is 0.0598. The summed E-state index contributed by atoms with van der Waals surface area (Å²) in [6.45, 7) is 2.12. The number of hydrogen-bond donors (Lipinski definition) is 1. The van der Waals surface area contributed by atoms with Crippen molar-refractivity contribution in [2.24, 2.45) is 0 Å². The number of nitrogens with one attached hydrogen (secondary N) is 1. The van der Waals surface area contributed by atoms with Crippen LogP contribution in [0.1, 0.15) is 43.5 Å². The van der Waals surface area contributed by atoms with Crippen molar-refractivity contribution in [3.05, 3.63) is 41.5 Å². The number of anilines is 2. The molecule has 2 aliphatic rings. The molecular weight excluding hydrogens is 371 g/mol. The number of nitrogens with zero attached hydrogens (tertiary/aromatic N) is 5. The van der Waals surface area contributed by atoms with Gasteiger partial charge >= 0.3 is 0 Å². The van der Waals surface area contributed by atoms with Gasteiger partial charge in [-0.2, -0.15) is 15.0 Å². The van der Waals surface area contributed by atoms with E-state index >= 15 is 0 Å². The number of rotatable bonds is 6. The number of benzene rings is 1. The van der Waals surface area contributed by atoms with E-state index in [1.54, 1.807) is 12.1 Å². The Morgan fingerprint density at radius 1 is 1.10 bits per heavy atom. The Kier molecular flexibility index (Phi) is 5.34. The smallest absolute Gasteiger partial charge is 0.231 e. The summed E-state index contributed by atoms with van der Waals surface area (Å²) >= 11 is 0. The SMILES string of the molecule is CN(C)c1nc(CNC(=O)C2(c3ccc(F)cc3)CC2)nc(N2CCCCC2)n1. The van der Waals surface area contributed by atoms with Crippen molar-refractivity contribution in [3.8, 4) is 0 Å². The molecule has 1 aliphatic heterocycles. The number of halogens is 1. The maximum absolute atomic E-state index is 13.2. The average Bonchev–Trinajstić information content (AvgIpc) is 3.55. The molecule has 0 bridgehead atoms. The third-order valence-corrected chi connectivity index (χ3v) is 5.69. The van der Waals surface area contributed by atoms with Gasteiger partial charge in [0, 0.05) is 27.2 Å². The van der Waals surface area contributed by atoms with E-state index in [1.165, 1.54) is 18.6 Å². The van der Waals surface area contributed by atoms with E-state index in [0.29, 0.717) is 17.7 Å². The molecule has 1 aromatic heterocycles. The van der Waals surface area contributed by atoms with E-state index in [2.05, 4.69) is 25.2 Å². The van der Waals surface area contributed by atoms with Crippen LogP contribution in [0.15, 0.2) is 24.3 Å². The monoisotopic (exact) mass is 398 g/mol. The molecule has 0 spiro atoms. The molecule has 1 N–H and O–H groups in total. The zero-order valence-electron chi connectivity index (χ0n) is 17.0. The van der Waals surface area contributed by atoms with E-state index < -0.39 is 5.41 Å². The van der Waals surface area contributed by atoms with Crippen molar-refractivity contribution < 1.29 is 9.18 Å². The van der Waals surface area contributed by atoms with Crippen LogP contribution in [0.25, 0.3) is 0 Å². The molecule has 0 unspecified atom stereocenters. The van der Waals surface area contributed by atoms with E-state index in [1.807, 2.05) is 19.0 Å². The lowest BCUT2D eigenvalue weighted by molar-refractivity contribution is -0.123. The first kappa shape index (κ1) is 19.5. The first-order valence-corrected chi connectivity index (χ1v) is 10.2. The molecule has 1 saturated heterocycles. The zero-order chi connectivity index (χ0) is 20.4. The summed E-state index contributed by atoms with van der Waals surface area (Å²) in [5.74, 6) is 1.45. The van der Waals surface area contributed by atoms with E-state index in [0.717, 1.165) is 44.3 Å². The fourth-order valence-electron chi connectivity index (χ4n) is 3.78. The molecule has 2 aromatic rings. The Labute approximate surface area is 170 Å². The lowest BCUT2D eigenvalue weighted by Crippen LogP contribution is -2.36. The highest BCUT2D eigenvalue weighted by atomic mass is 19.1. The summed E-state index contributed by atoms with van der Waals surface area (Å²) in [6, 6.07) is 6.21. The maximum Gasteiger partial charge on any atom is 0.231 e. The van der Waals surface area contributed by atoms with Crippen LogP contribution in [0.3, 0.4) is 0 Å². The fraction of sp³-hybridized carbons (Fsp3) is 0.524. The van der Waals surface area contributed by atoms with Crippen molar-refractivity contribution in [2.45, 2.75) is 44.1 Å². The van der Waals surface area contributed by atoms with Gasteiger partial charge in [0.2, 0.25) is 17.8 Å². The third-order valence-electron chi connectivity index (χ3n) is 5.69. The first-order valence-electron chi connectivity index (χ1n) is 10.2. The van der Waals surface area contributed by atoms with Gasteiger partial charge in [0.25, 0.3) is 0 Å². The lowest BCUT2D eigenvalue weighted by atomic mass is 9.95. The molecule has 1 amide bonds. The molecule has 0 atom stereocenters.